The van der Waals surface area contributed by atoms with Gasteiger partial charge in [0.05, 0.1) is 56.1 Å². The lowest BCUT2D eigenvalue weighted by atomic mass is 9.83. The van der Waals surface area contributed by atoms with Crippen molar-refractivity contribution in [2.45, 2.75) is 411 Å². The Balaban J connectivity index is 0.000000365. The predicted octanol–water partition coefficient (Wildman–Crippen LogP) is 29.1. The summed E-state index contributed by atoms with van der Waals surface area (Å²) >= 11 is 0. The second-order valence-corrected chi connectivity index (χ2v) is 57.4. The second-order valence-electron chi connectivity index (χ2n) is 57.4. The summed E-state index contributed by atoms with van der Waals surface area (Å²) in [5, 5.41) is 23.5. The van der Waals surface area contributed by atoms with Crippen LogP contribution in [0.3, 0.4) is 0 Å². The number of aromatic amines is 4. The first kappa shape index (κ1) is 130. The Morgan fingerprint density at radius 2 is 0.831 bits per heavy atom. The van der Waals surface area contributed by atoms with Crippen LogP contribution >= 0.6 is 0 Å². The molecular weight excluding hydrogens is 1850 g/mol. The first-order valence-corrected chi connectivity index (χ1v) is 53.0. The van der Waals surface area contributed by atoms with E-state index in [1.165, 1.54) is 5.56 Å². The van der Waals surface area contributed by atoms with Crippen molar-refractivity contribution in [3.8, 4) is 40.4 Å². The molecule has 10 aromatic rings. The number of imidazole rings is 4. The van der Waals surface area contributed by atoms with Crippen molar-refractivity contribution in [1.29, 1.82) is 0 Å². The van der Waals surface area contributed by atoms with Crippen molar-refractivity contribution in [2.75, 3.05) is 20.6 Å². The number of ketones is 6. The molecule has 7 N–H and O–H groups in total. The largest absolute Gasteiger partial charge is 0.505 e. The predicted molar refractivity (Wildman–Crippen MR) is 612 cm³/mol. The van der Waals surface area contributed by atoms with E-state index in [1.807, 2.05) is 303 Å². The minimum Gasteiger partial charge on any atom is -0.505 e. The Hall–Kier alpha value is -10.5. The van der Waals surface area contributed by atoms with Gasteiger partial charge in [-0.1, -0.05) is 256 Å². The van der Waals surface area contributed by atoms with Crippen LogP contribution in [0.5, 0.6) is 5.75 Å². The molecule has 26 nitrogen and oxygen atoms in total. The number of hydrogen-bond donors (Lipinski definition) is 7. The average molecular weight is 2050 g/mol. The molecule has 148 heavy (non-hydrogen) atoms. The van der Waals surface area contributed by atoms with Gasteiger partial charge in [0.2, 0.25) is 5.91 Å². The number of alkyl carbamates (subject to hydrolysis) is 1. The lowest BCUT2D eigenvalue weighted by Gasteiger charge is -2.31. The summed E-state index contributed by atoms with van der Waals surface area (Å²) in [6.45, 7) is 92.4. The number of Topliss-reactive ketones (excluding diaryl/α,β-unsaturated/α-hetero) is 6. The van der Waals surface area contributed by atoms with E-state index in [-0.39, 0.29) is 102 Å². The second kappa shape index (κ2) is 50.2. The molecular formula is C122H197N15O11. The Kier molecular flexibility index (Phi) is 44.0. The molecule has 826 valence electrons. The normalized spacial score (nSPS) is 13.3. The number of nitrogens with zero attached hydrogens (tertiary/aromatic N) is 9. The van der Waals surface area contributed by atoms with E-state index < -0.39 is 39.4 Å². The molecule has 10 rings (SSSR count). The highest BCUT2D eigenvalue weighted by Gasteiger charge is 2.37. The summed E-state index contributed by atoms with van der Waals surface area (Å²) in [7, 11) is 9.86. The quantitative estimate of drug-likeness (QED) is 0.0276. The number of aromatic hydroxyl groups is 1. The van der Waals surface area contributed by atoms with E-state index in [2.05, 4.69) is 193 Å². The van der Waals surface area contributed by atoms with Crippen molar-refractivity contribution >= 4 is 79.8 Å². The monoisotopic (exact) mass is 2050 g/mol. The molecule has 0 saturated carbocycles. The fourth-order valence-corrected chi connectivity index (χ4v) is 16.1. The number of hydrogen-bond acceptors (Lipinski definition) is 17. The number of carbonyl (C=O) groups is 8. The van der Waals surface area contributed by atoms with Crippen LogP contribution in [-0.4, -0.2) is 165 Å². The lowest BCUT2D eigenvalue weighted by Crippen LogP contribution is -2.47. The first-order chi connectivity index (χ1) is 66.5. The Labute approximate surface area is 890 Å². The molecule has 0 saturated heterocycles. The van der Waals surface area contributed by atoms with E-state index in [9.17, 15) is 43.5 Å². The summed E-state index contributed by atoms with van der Waals surface area (Å²) in [6.07, 6.45) is 15.1. The lowest BCUT2D eigenvalue weighted by molar-refractivity contribution is -0.148. The topological polar surface area (TPSA) is 345 Å². The van der Waals surface area contributed by atoms with Crippen molar-refractivity contribution in [3.63, 3.8) is 0 Å². The van der Waals surface area contributed by atoms with Gasteiger partial charge in [-0.3, -0.25) is 38.7 Å². The fraction of sp³-hybridized carbons (Fsp3) is 0.648. The molecule has 26 heteroatoms. The van der Waals surface area contributed by atoms with Gasteiger partial charge in [-0.25, -0.2) is 24.7 Å². The molecule has 0 aliphatic heterocycles. The van der Waals surface area contributed by atoms with Crippen LogP contribution in [0.2, 0.25) is 0 Å². The highest BCUT2D eigenvalue weighted by atomic mass is 16.6. The third-order valence-electron chi connectivity index (χ3n) is 23.0. The average Bonchev–Trinajstić information content (AvgIpc) is 1.64. The van der Waals surface area contributed by atoms with Crippen LogP contribution in [0.4, 0.5) is 4.79 Å². The maximum Gasteiger partial charge on any atom is 0.408 e. The zero-order chi connectivity index (χ0) is 114. The number of aryl methyl sites for hydroxylation is 3. The van der Waals surface area contributed by atoms with Gasteiger partial charge < -0.3 is 58.8 Å². The zero-order valence-corrected chi connectivity index (χ0v) is 101. The third-order valence-corrected chi connectivity index (χ3v) is 23.0. The van der Waals surface area contributed by atoms with Gasteiger partial charge in [0.25, 0.3) is 0 Å². The molecule has 0 bridgehead atoms. The molecule has 0 aliphatic carbocycles. The van der Waals surface area contributed by atoms with E-state index in [0.717, 1.165) is 143 Å². The molecule has 3 aromatic carbocycles. The summed E-state index contributed by atoms with van der Waals surface area (Å²) < 4.78 is 17.3. The Morgan fingerprint density at radius 1 is 0.419 bits per heavy atom. The summed E-state index contributed by atoms with van der Waals surface area (Å²) in [4.78, 5) is 129. The standard InChI is InChI=1S/C22H29N3O2.C22H29N3O.C21H28N4O.C18H35NO3.C17H34O2.C13H22N2O.C9H20N2O/c1-21(2,3)11-14-12-25(7)17(18(14)26)20-23-15-9-8-13(10-16(15)24-20)19(27)22(4,5)6;1-21(2,3)12-14-10-18(25(7)13-14)20-23-16-9-8-15(11-17(16)24-20)19(26)22(4,5)6;1-20(2,3)11-14-12-25(7)19(22-14)18-23-15-9-8-13(10-16(15)24-18)17(26)21(4,5)6;1-16(2,3)12-10-11-13(14(20)17(4,5)6)19-15(21)22-18(7,8)9;1-15(2,3)12-10-11-13(19-17(7,8)9)14(18)16(4,5)6;1-12(2,3)8-9-7-10(15-14-9)11(16)13(4,5)6;1-9(2,3)10-8(12)6-7-11(4)5/h8-10,12,26H,11H2,1-7H3,(H,23,24);8-11,13H,12H2,1-7H3,(H,23,24);8-10,12H,11H2,1-7H3,(H,23,24);13H,10-12H2,1-9H3,(H,19,21);13H,10-12H2,1-9H3;7H,8H2,1-6H3,(H,14,15);6-7H2,1-5H3,(H,10,12). The van der Waals surface area contributed by atoms with Crippen LogP contribution < -0.4 is 10.6 Å². The van der Waals surface area contributed by atoms with Gasteiger partial charge in [-0.2, -0.15) is 5.10 Å². The van der Waals surface area contributed by atoms with Crippen LogP contribution in [0, 0.1) is 65.0 Å². The van der Waals surface area contributed by atoms with E-state index in [4.69, 9.17) is 19.4 Å². The summed E-state index contributed by atoms with van der Waals surface area (Å²) in [6, 6.07) is 20.4. The van der Waals surface area contributed by atoms with Gasteiger partial charge in [-0.15, -0.1) is 0 Å². The third kappa shape index (κ3) is 45.8. The van der Waals surface area contributed by atoms with Crippen LogP contribution in [0.25, 0.3) is 67.8 Å². The fourth-order valence-electron chi connectivity index (χ4n) is 16.1. The van der Waals surface area contributed by atoms with Crippen molar-refractivity contribution < 1.29 is 52.9 Å². The van der Waals surface area contributed by atoms with Gasteiger partial charge in [-0.05, 0) is 239 Å². The smallest absolute Gasteiger partial charge is 0.408 e. The number of aromatic nitrogens is 12. The Bertz CT molecular complexity index is 5910. The van der Waals surface area contributed by atoms with E-state index >= 15 is 0 Å². The minimum absolute atomic E-state index is 0.0484. The molecule has 0 fully saturated rings. The number of amides is 2. The van der Waals surface area contributed by atoms with Gasteiger partial charge in [0.1, 0.15) is 28.8 Å². The molecule has 7 aromatic heterocycles. The molecule has 0 radical (unpaired) electrons. The maximum atomic E-state index is 12.6. The van der Waals surface area contributed by atoms with Crippen molar-refractivity contribution in [2.24, 2.45) is 86.1 Å². The number of H-pyrrole nitrogens is 4. The van der Waals surface area contributed by atoms with Gasteiger partial charge >= 0.3 is 6.09 Å². The highest BCUT2D eigenvalue weighted by Crippen LogP contribution is 2.40. The molecule has 7 heterocycles. The molecule has 0 aliphatic rings. The molecule has 2 amide bonds. The van der Waals surface area contributed by atoms with Crippen molar-refractivity contribution in [1.82, 2.24) is 74.3 Å². The van der Waals surface area contributed by atoms with Crippen LogP contribution in [0.15, 0.2) is 85.3 Å². The molecule has 2 atom stereocenters. The van der Waals surface area contributed by atoms with Gasteiger partial charge in [0.15, 0.2) is 58.0 Å². The number of nitrogens with one attached hydrogen (secondary N) is 6. The summed E-state index contributed by atoms with van der Waals surface area (Å²) in [5.41, 5.74) is 11.6. The minimum atomic E-state index is -0.565. The van der Waals surface area contributed by atoms with E-state index in [1.54, 1.807) is 0 Å². The SMILES string of the molecule is CC(C)(C)CCCC(NC(=O)OC(C)(C)C)C(=O)C(C)(C)C.CC(C)(C)CCCC(OC(C)(C)C)C(=O)C(C)(C)C.CC(C)(C)Cc1cc(C(=O)C(C)(C)C)n[nH]1.CN(C)CCC(=O)NC(C)(C)C.Cn1cc(CC(C)(C)C)c(O)c1-c1nc2ccc(C(=O)C(C)(C)C)cc2[nH]1.Cn1cc(CC(C)(C)C)cc1-c1nc2ccc(C(=O)C(C)(C)C)cc2[nH]1.Cn1cc(CC(C)(C)C)nc1-c1nc2ccc(C(=O)C(C)(C)C)cc2[nH]1. The van der Waals surface area contributed by atoms with E-state index in [0.29, 0.717) is 46.6 Å². The first-order valence-electron chi connectivity index (χ1n) is 53.0. The zero-order valence-electron chi connectivity index (χ0n) is 101. The molecule has 2 unspecified atom stereocenters. The van der Waals surface area contributed by atoms with Crippen molar-refractivity contribution in [3.05, 3.63) is 130 Å². The number of rotatable bonds is 24. The summed E-state index contributed by atoms with van der Waals surface area (Å²) in [5.74, 6) is 4.07. The van der Waals surface area contributed by atoms with Crippen LogP contribution in [0.1, 0.15) is 421 Å². The van der Waals surface area contributed by atoms with Gasteiger partial charge in [0, 0.05) is 119 Å². The van der Waals surface area contributed by atoms with Crippen LogP contribution in [-0.2, 0) is 70.7 Å². The molecule has 0 spiro atoms. The number of carbonyl (C=O) groups excluding carboxylic acids is 8. The highest BCUT2D eigenvalue weighted by molar-refractivity contribution is 6.04. The number of benzene rings is 3. The number of ether oxygens (including phenoxy) is 2. The number of fused-ring (bicyclic) bond motifs is 3. The Morgan fingerprint density at radius 3 is 1.22 bits per heavy atom. The maximum absolute atomic E-state index is 12.6.